The molecule has 0 aromatic carbocycles. The minimum atomic E-state index is -0.178. The summed E-state index contributed by atoms with van der Waals surface area (Å²) in [5.41, 5.74) is -0.178. The highest BCUT2D eigenvalue weighted by molar-refractivity contribution is 5.88. The van der Waals surface area contributed by atoms with Gasteiger partial charge in [-0.15, -0.1) is 0 Å². The molecule has 0 bridgehead atoms. The van der Waals surface area contributed by atoms with Gasteiger partial charge in [-0.25, -0.2) is 0 Å². The Balaban J connectivity index is 2.11. The SMILES string of the molecule is CC(C)N1CCC2(CCCCN2)C1=O. The van der Waals surface area contributed by atoms with Crippen molar-refractivity contribution in [3.63, 3.8) is 0 Å². The quantitative estimate of drug-likeness (QED) is 0.682. The highest BCUT2D eigenvalue weighted by atomic mass is 16.2. The van der Waals surface area contributed by atoms with Crippen LogP contribution in [0.2, 0.25) is 0 Å². The fourth-order valence-corrected chi connectivity index (χ4v) is 2.65. The van der Waals surface area contributed by atoms with E-state index in [0.717, 1.165) is 25.9 Å². The van der Waals surface area contributed by atoms with Gasteiger partial charge in [0.05, 0.1) is 5.54 Å². The van der Waals surface area contributed by atoms with Gasteiger partial charge in [0.2, 0.25) is 5.91 Å². The first-order valence-corrected chi connectivity index (χ1v) is 5.72. The van der Waals surface area contributed by atoms with E-state index in [2.05, 4.69) is 19.2 Å². The van der Waals surface area contributed by atoms with Crippen molar-refractivity contribution in [2.75, 3.05) is 13.1 Å². The maximum Gasteiger partial charge on any atom is 0.243 e. The summed E-state index contributed by atoms with van der Waals surface area (Å²) in [6.45, 7) is 6.14. The molecule has 2 aliphatic rings. The summed E-state index contributed by atoms with van der Waals surface area (Å²) in [5, 5.41) is 3.44. The number of rotatable bonds is 1. The van der Waals surface area contributed by atoms with E-state index in [1.807, 2.05) is 4.90 Å². The Morgan fingerprint density at radius 3 is 2.64 bits per heavy atom. The van der Waals surface area contributed by atoms with Crippen molar-refractivity contribution in [1.29, 1.82) is 0 Å². The van der Waals surface area contributed by atoms with Crippen LogP contribution >= 0.6 is 0 Å². The van der Waals surface area contributed by atoms with Gasteiger partial charge in [0.25, 0.3) is 0 Å². The monoisotopic (exact) mass is 196 g/mol. The molecule has 1 N–H and O–H groups in total. The summed E-state index contributed by atoms with van der Waals surface area (Å²) in [6, 6.07) is 0.352. The Kier molecular flexibility index (Phi) is 2.52. The first-order chi connectivity index (χ1) is 6.66. The minimum absolute atomic E-state index is 0.178. The molecule has 0 aromatic heterocycles. The Morgan fingerprint density at radius 1 is 1.36 bits per heavy atom. The maximum absolute atomic E-state index is 12.2. The van der Waals surface area contributed by atoms with E-state index in [1.165, 1.54) is 12.8 Å². The van der Waals surface area contributed by atoms with E-state index < -0.39 is 0 Å². The number of nitrogens with one attached hydrogen (secondary N) is 1. The summed E-state index contributed by atoms with van der Waals surface area (Å²) < 4.78 is 0. The lowest BCUT2D eigenvalue weighted by Gasteiger charge is -2.33. The highest BCUT2D eigenvalue weighted by Gasteiger charge is 2.47. The standard InChI is InChI=1S/C11H20N2O/c1-9(2)13-8-6-11(10(13)14)5-3-4-7-12-11/h9,12H,3-8H2,1-2H3. The van der Waals surface area contributed by atoms with Crippen LogP contribution in [-0.4, -0.2) is 35.5 Å². The Morgan fingerprint density at radius 2 is 2.14 bits per heavy atom. The topological polar surface area (TPSA) is 32.3 Å². The summed E-state index contributed by atoms with van der Waals surface area (Å²) in [6.07, 6.45) is 4.46. The lowest BCUT2D eigenvalue weighted by atomic mass is 9.87. The molecule has 2 saturated heterocycles. The molecule has 14 heavy (non-hydrogen) atoms. The van der Waals surface area contributed by atoms with Gasteiger partial charge in [0, 0.05) is 12.6 Å². The molecule has 3 nitrogen and oxygen atoms in total. The fourth-order valence-electron chi connectivity index (χ4n) is 2.65. The van der Waals surface area contributed by atoms with Crippen molar-refractivity contribution in [3.05, 3.63) is 0 Å². The molecular formula is C11H20N2O. The highest BCUT2D eigenvalue weighted by Crippen LogP contribution is 2.31. The number of nitrogens with zero attached hydrogens (tertiary/aromatic N) is 1. The maximum atomic E-state index is 12.2. The van der Waals surface area contributed by atoms with Crippen molar-refractivity contribution < 1.29 is 4.79 Å². The normalized spacial score (nSPS) is 33.4. The van der Waals surface area contributed by atoms with Crippen LogP contribution < -0.4 is 5.32 Å². The van der Waals surface area contributed by atoms with Gasteiger partial charge in [0.15, 0.2) is 0 Å². The minimum Gasteiger partial charge on any atom is -0.339 e. The first-order valence-electron chi connectivity index (χ1n) is 5.72. The second-order valence-electron chi connectivity index (χ2n) is 4.81. The number of hydrogen-bond donors (Lipinski definition) is 1. The fraction of sp³-hybridized carbons (Fsp3) is 0.909. The van der Waals surface area contributed by atoms with Gasteiger partial charge in [0.1, 0.15) is 0 Å². The number of amides is 1. The van der Waals surface area contributed by atoms with E-state index in [9.17, 15) is 4.79 Å². The molecule has 2 heterocycles. The zero-order chi connectivity index (χ0) is 10.2. The molecular weight excluding hydrogens is 176 g/mol. The molecule has 0 aromatic rings. The van der Waals surface area contributed by atoms with E-state index in [-0.39, 0.29) is 5.54 Å². The van der Waals surface area contributed by atoms with Gasteiger partial charge < -0.3 is 10.2 Å². The lowest BCUT2D eigenvalue weighted by molar-refractivity contribution is -0.135. The third-order valence-electron chi connectivity index (χ3n) is 3.57. The zero-order valence-corrected chi connectivity index (χ0v) is 9.18. The number of piperidine rings is 1. The molecule has 1 unspecified atom stereocenters. The Labute approximate surface area is 85.8 Å². The van der Waals surface area contributed by atoms with E-state index in [4.69, 9.17) is 0 Å². The third kappa shape index (κ3) is 1.44. The summed E-state index contributed by atoms with van der Waals surface area (Å²) in [7, 11) is 0. The molecule has 0 radical (unpaired) electrons. The van der Waals surface area contributed by atoms with Gasteiger partial charge in [-0.2, -0.15) is 0 Å². The van der Waals surface area contributed by atoms with Crippen molar-refractivity contribution in [2.24, 2.45) is 0 Å². The summed E-state index contributed by atoms with van der Waals surface area (Å²) in [4.78, 5) is 14.2. The van der Waals surface area contributed by atoms with Crippen molar-refractivity contribution >= 4 is 5.91 Å². The second-order valence-corrected chi connectivity index (χ2v) is 4.81. The predicted octanol–water partition coefficient (Wildman–Crippen LogP) is 1.14. The van der Waals surface area contributed by atoms with Gasteiger partial charge >= 0.3 is 0 Å². The van der Waals surface area contributed by atoms with E-state index >= 15 is 0 Å². The van der Waals surface area contributed by atoms with Crippen LogP contribution in [0.15, 0.2) is 0 Å². The van der Waals surface area contributed by atoms with Crippen molar-refractivity contribution in [1.82, 2.24) is 10.2 Å². The van der Waals surface area contributed by atoms with Crippen molar-refractivity contribution in [2.45, 2.75) is 51.1 Å². The van der Waals surface area contributed by atoms with Crippen LogP contribution in [0.3, 0.4) is 0 Å². The number of carbonyl (C=O) groups is 1. The molecule has 2 rings (SSSR count). The Bertz CT molecular complexity index is 231. The number of hydrogen-bond acceptors (Lipinski definition) is 2. The van der Waals surface area contributed by atoms with Crippen LogP contribution in [0.1, 0.15) is 39.5 Å². The third-order valence-corrected chi connectivity index (χ3v) is 3.57. The molecule has 0 aliphatic carbocycles. The molecule has 1 atom stereocenters. The van der Waals surface area contributed by atoms with Crippen LogP contribution in [-0.2, 0) is 4.79 Å². The molecule has 1 amide bonds. The van der Waals surface area contributed by atoms with E-state index in [1.54, 1.807) is 0 Å². The molecule has 3 heteroatoms. The van der Waals surface area contributed by atoms with Crippen LogP contribution in [0.4, 0.5) is 0 Å². The zero-order valence-electron chi connectivity index (χ0n) is 9.18. The molecule has 80 valence electrons. The van der Waals surface area contributed by atoms with Crippen LogP contribution in [0, 0.1) is 0 Å². The molecule has 2 aliphatic heterocycles. The van der Waals surface area contributed by atoms with Crippen LogP contribution in [0.5, 0.6) is 0 Å². The summed E-state index contributed by atoms with van der Waals surface area (Å²) in [5.74, 6) is 0.340. The summed E-state index contributed by atoms with van der Waals surface area (Å²) >= 11 is 0. The molecule has 2 fully saturated rings. The predicted molar refractivity (Wildman–Crippen MR) is 56.1 cm³/mol. The van der Waals surface area contributed by atoms with Gasteiger partial charge in [-0.05, 0) is 46.1 Å². The van der Waals surface area contributed by atoms with Crippen molar-refractivity contribution in [3.8, 4) is 0 Å². The number of likely N-dealkylation sites (tertiary alicyclic amines) is 1. The molecule has 1 spiro atoms. The second kappa shape index (κ2) is 3.54. The largest absolute Gasteiger partial charge is 0.339 e. The van der Waals surface area contributed by atoms with E-state index in [0.29, 0.717) is 11.9 Å². The van der Waals surface area contributed by atoms with Gasteiger partial charge in [-0.1, -0.05) is 0 Å². The van der Waals surface area contributed by atoms with Crippen LogP contribution in [0.25, 0.3) is 0 Å². The molecule has 0 saturated carbocycles. The lowest BCUT2D eigenvalue weighted by Crippen LogP contribution is -2.54. The first kappa shape index (κ1) is 9.97. The van der Waals surface area contributed by atoms with Gasteiger partial charge in [-0.3, -0.25) is 4.79 Å². The average molecular weight is 196 g/mol. The average Bonchev–Trinajstić information content (AvgIpc) is 2.46. The Hall–Kier alpha value is -0.570. The smallest absolute Gasteiger partial charge is 0.243 e. The number of carbonyl (C=O) groups excluding carboxylic acids is 1.